The summed E-state index contributed by atoms with van der Waals surface area (Å²) in [7, 11) is 1.41. The number of hydrogen-bond donors (Lipinski definition) is 0. The number of hydrogen-bond acceptors (Lipinski definition) is 4. The minimum atomic E-state index is -0.572. The van der Waals surface area contributed by atoms with Crippen molar-refractivity contribution in [3.63, 3.8) is 0 Å². The molecule has 0 N–H and O–H groups in total. The maximum Gasteiger partial charge on any atom is 0.257 e. The lowest BCUT2D eigenvalue weighted by Crippen LogP contribution is -2.36. The van der Waals surface area contributed by atoms with E-state index >= 15 is 0 Å². The van der Waals surface area contributed by atoms with E-state index in [9.17, 15) is 9.18 Å². The second kappa shape index (κ2) is 8.63. The largest absolute Gasteiger partial charge is 0.494 e. The van der Waals surface area contributed by atoms with Crippen LogP contribution in [0.5, 0.6) is 5.75 Å². The highest BCUT2D eigenvalue weighted by atomic mass is 19.1. The van der Waals surface area contributed by atoms with Gasteiger partial charge in [-0.05, 0) is 50.4 Å². The average Bonchev–Trinajstić information content (AvgIpc) is 3.04. The fourth-order valence-electron chi connectivity index (χ4n) is 3.58. The van der Waals surface area contributed by atoms with E-state index in [1.807, 2.05) is 0 Å². The minimum Gasteiger partial charge on any atom is -0.494 e. The molecule has 2 aliphatic heterocycles. The van der Waals surface area contributed by atoms with Crippen molar-refractivity contribution in [2.75, 3.05) is 53.0 Å². The molecule has 1 amide bonds. The van der Waals surface area contributed by atoms with Gasteiger partial charge < -0.3 is 19.3 Å². The zero-order valence-electron chi connectivity index (χ0n) is 14.9. The van der Waals surface area contributed by atoms with Gasteiger partial charge in [0.15, 0.2) is 11.6 Å². The Labute approximate surface area is 148 Å². The van der Waals surface area contributed by atoms with Gasteiger partial charge in [-0.3, -0.25) is 4.79 Å². The Morgan fingerprint density at radius 1 is 1.32 bits per heavy atom. The van der Waals surface area contributed by atoms with Gasteiger partial charge in [0, 0.05) is 32.8 Å². The summed E-state index contributed by atoms with van der Waals surface area (Å²) in [5, 5.41) is 0. The first-order valence-electron chi connectivity index (χ1n) is 9.11. The van der Waals surface area contributed by atoms with Gasteiger partial charge in [0.2, 0.25) is 0 Å². The quantitative estimate of drug-likeness (QED) is 0.818. The average molecular weight is 350 g/mol. The molecule has 1 atom stereocenters. The first-order valence-corrected chi connectivity index (χ1v) is 9.11. The third kappa shape index (κ3) is 4.50. The molecule has 1 unspecified atom stereocenters. The van der Waals surface area contributed by atoms with Crippen molar-refractivity contribution >= 4 is 5.91 Å². The SMILES string of the molecule is COc1cccc(C(=O)N2CCCN(CCC3CCOC3)CC2)c1F. The van der Waals surface area contributed by atoms with Gasteiger partial charge in [0.1, 0.15) is 0 Å². The Morgan fingerprint density at radius 3 is 2.96 bits per heavy atom. The summed E-state index contributed by atoms with van der Waals surface area (Å²) in [6, 6.07) is 4.72. The third-order valence-electron chi connectivity index (χ3n) is 5.17. The Bertz CT molecular complexity index is 590. The maximum absolute atomic E-state index is 14.4. The van der Waals surface area contributed by atoms with Gasteiger partial charge in [0.05, 0.1) is 12.7 Å². The van der Waals surface area contributed by atoms with Crippen LogP contribution in [0.4, 0.5) is 4.39 Å². The van der Waals surface area contributed by atoms with Crippen LogP contribution in [-0.4, -0.2) is 68.8 Å². The van der Waals surface area contributed by atoms with Crippen LogP contribution in [0.3, 0.4) is 0 Å². The summed E-state index contributed by atoms with van der Waals surface area (Å²) >= 11 is 0. The van der Waals surface area contributed by atoms with E-state index in [0.717, 1.165) is 52.1 Å². The number of benzene rings is 1. The molecule has 0 bridgehead atoms. The van der Waals surface area contributed by atoms with E-state index in [0.29, 0.717) is 19.0 Å². The molecule has 3 rings (SSSR count). The predicted octanol–water partition coefficient (Wildman–Crippen LogP) is 2.41. The molecule has 0 aliphatic carbocycles. The molecule has 25 heavy (non-hydrogen) atoms. The van der Waals surface area contributed by atoms with E-state index in [4.69, 9.17) is 9.47 Å². The number of nitrogens with zero attached hydrogens (tertiary/aromatic N) is 2. The van der Waals surface area contributed by atoms with E-state index < -0.39 is 5.82 Å². The van der Waals surface area contributed by atoms with E-state index in [-0.39, 0.29) is 17.2 Å². The van der Waals surface area contributed by atoms with Crippen molar-refractivity contribution in [1.82, 2.24) is 9.80 Å². The zero-order chi connectivity index (χ0) is 17.6. The topological polar surface area (TPSA) is 42.0 Å². The number of methoxy groups -OCH3 is 1. The molecular weight excluding hydrogens is 323 g/mol. The van der Waals surface area contributed by atoms with Crippen LogP contribution in [0.1, 0.15) is 29.6 Å². The highest BCUT2D eigenvalue weighted by Crippen LogP contribution is 2.22. The van der Waals surface area contributed by atoms with Crippen molar-refractivity contribution in [1.29, 1.82) is 0 Å². The first-order chi connectivity index (χ1) is 12.2. The Kier molecular flexibility index (Phi) is 6.26. The van der Waals surface area contributed by atoms with E-state index in [1.165, 1.54) is 19.2 Å². The standard InChI is InChI=1S/C19H27FN2O3/c1-24-17-5-2-4-16(18(17)20)19(23)22-9-3-8-21(11-12-22)10-6-15-7-13-25-14-15/h2,4-5,15H,3,6-14H2,1H3. The molecule has 6 heteroatoms. The number of carbonyl (C=O) groups excluding carboxylic acids is 1. The molecule has 2 aliphatic rings. The first kappa shape index (κ1) is 18.1. The molecular formula is C19H27FN2O3. The lowest BCUT2D eigenvalue weighted by molar-refractivity contribution is 0.0755. The van der Waals surface area contributed by atoms with Crippen molar-refractivity contribution in [3.8, 4) is 5.75 Å². The highest BCUT2D eigenvalue weighted by molar-refractivity contribution is 5.95. The molecule has 1 aromatic carbocycles. The van der Waals surface area contributed by atoms with Crippen molar-refractivity contribution in [2.45, 2.75) is 19.3 Å². The molecule has 1 aromatic rings. The van der Waals surface area contributed by atoms with Crippen LogP contribution in [0.2, 0.25) is 0 Å². The smallest absolute Gasteiger partial charge is 0.257 e. The van der Waals surface area contributed by atoms with Gasteiger partial charge in [-0.25, -0.2) is 4.39 Å². The molecule has 0 spiro atoms. The highest BCUT2D eigenvalue weighted by Gasteiger charge is 2.24. The number of amides is 1. The molecule has 2 fully saturated rings. The maximum atomic E-state index is 14.4. The molecule has 2 saturated heterocycles. The van der Waals surface area contributed by atoms with E-state index in [2.05, 4.69) is 4.90 Å². The van der Waals surface area contributed by atoms with Crippen LogP contribution in [0.25, 0.3) is 0 Å². The number of carbonyl (C=O) groups is 1. The van der Waals surface area contributed by atoms with Gasteiger partial charge in [0.25, 0.3) is 5.91 Å². The molecule has 5 nitrogen and oxygen atoms in total. The van der Waals surface area contributed by atoms with Crippen molar-refractivity contribution < 1.29 is 18.7 Å². The lowest BCUT2D eigenvalue weighted by atomic mass is 10.1. The Balaban J connectivity index is 1.56. The minimum absolute atomic E-state index is 0.0934. The number of ether oxygens (including phenoxy) is 2. The summed E-state index contributed by atoms with van der Waals surface area (Å²) in [5.74, 6) is -0.0345. The summed E-state index contributed by atoms with van der Waals surface area (Å²) < 4.78 is 24.8. The second-order valence-corrected chi connectivity index (χ2v) is 6.83. The molecule has 0 radical (unpaired) electrons. The number of halogens is 1. The Morgan fingerprint density at radius 2 is 2.20 bits per heavy atom. The molecule has 2 heterocycles. The predicted molar refractivity (Wildman–Crippen MR) is 93.5 cm³/mol. The number of rotatable bonds is 5. The normalized spacial score (nSPS) is 22.0. The van der Waals surface area contributed by atoms with E-state index in [1.54, 1.807) is 11.0 Å². The van der Waals surface area contributed by atoms with Crippen LogP contribution < -0.4 is 4.74 Å². The zero-order valence-corrected chi connectivity index (χ0v) is 14.9. The van der Waals surface area contributed by atoms with Crippen LogP contribution in [-0.2, 0) is 4.74 Å². The monoisotopic (exact) mass is 350 g/mol. The Hall–Kier alpha value is -1.66. The summed E-state index contributed by atoms with van der Waals surface area (Å²) in [6.45, 7) is 5.94. The second-order valence-electron chi connectivity index (χ2n) is 6.83. The summed E-state index contributed by atoms with van der Waals surface area (Å²) in [4.78, 5) is 16.9. The van der Waals surface area contributed by atoms with Crippen LogP contribution in [0.15, 0.2) is 18.2 Å². The molecule has 138 valence electrons. The van der Waals surface area contributed by atoms with Gasteiger partial charge >= 0.3 is 0 Å². The van der Waals surface area contributed by atoms with Gasteiger partial charge in [-0.15, -0.1) is 0 Å². The lowest BCUT2D eigenvalue weighted by Gasteiger charge is -2.23. The molecule has 0 saturated carbocycles. The fraction of sp³-hybridized carbons (Fsp3) is 0.632. The summed E-state index contributed by atoms with van der Waals surface area (Å²) in [5.41, 5.74) is 0.0934. The van der Waals surface area contributed by atoms with Gasteiger partial charge in [-0.1, -0.05) is 6.07 Å². The van der Waals surface area contributed by atoms with Crippen molar-refractivity contribution in [3.05, 3.63) is 29.6 Å². The molecule has 0 aromatic heterocycles. The van der Waals surface area contributed by atoms with Crippen molar-refractivity contribution in [2.24, 2.45) is 5.92 Å². The summed E-state index contributed by atoms with van der Waals surface area (Å²) in [6.07, 6.45) is 3.23. The third-order valence-corrected chi connectivity index (χ3v) is 5.17. The van der Waals surface area contributed by atoms with Crippen LogP contribution >= 0.6 is 0 Å². The van der Waals surface area contributed by atoms with Crippen LogP contribution in [0, 0.1) is 11.7 Å². The fourth-order valence-corrected chi connectivity index (χ4v) is 3.58. The van der Waals surface area contributed by atoms with Gasteiger partial charge in [-0.2, -0.15) is 0 Å².